The summed E-state index contributed by atoms with van der Waals surface area (Å²) >= 11 is 0. The lowest BCUT2D eigenvalue weighted by atomic mass is 10.1. The van der Waals surface area contributed by atoms with E-state index in [4.69, 9.17) is 4.74 Å². The molecule has 3 heterocycles. The molecule has 8 nitrogen and oxygen atoms in total. The van der Waals surface area contributed by atoms with Crippen molar-refractivity contribution in [3.8, 4) is 0 Å². The van der Waals surface area contributed by atoms with Crippen molar-refractivity contribution in [3.63, 3.8) is 0 Å². The number of amides is 2. The van der Waals surface area contributed by atoms with Crippen LogP contribution >= 0.6 is 0 Å². The number of likely N-dealkylation sites (tertiary alicyclic amines) is 1. The molecule has 0 saturated carbocycles. The number of benzene rings is 1. The summed E-state index contributed by atoms with van der Waals surface area (Å²) in [7, 11) is 0. The third-order valence-electron chi connectivity index (χ3n) is 4.61. The average molecular weight is 342 g/mol. The number of H-pyrrole nitrogens is 1. The summed E-state index contributed by atoms with van der Waals surface area (Å²) in [4.78, 5) is 27.2. The highest BCUT2D eigenvalue weighted by molar-refractivity contribution is 5.85. The molecule has 1 atom stereocenters. The van der Waals surface area contributed by atoms with Gasteiger partial charge in [0.1, 0.15) is 0 Å². The van der Waals surface area contributed by atoms with Crippen molar-refractivity contribution >= 4 is 12.0 Å². The minimum absolute atomic E-state index is 0.0190. The Morgan fingerprint density at radius 1 is 1.28 bits per heavy atom. The Hall–Kier alpha value is -2.87. The number of fused-ring (bicyclic) bond motifs is 1. The number of hydrogen-bond acceptors (Lipinski definition) is 4. The van der Waals surface area contributed by atoms with Crippen molar-refractivity contribution in [1.29, 1.82) is 0 Å². The van der Waals surface area contributed by atoms with Crippen LogP contribution in [0.3, 0.4) is 0 Å². The first-order chi connectivity index (χ1) is 12.1. The third kappa shape index (κ3) is 2.85. The smallest absolute Gasteiger partial charge is 0.331 e. The topological polar surface area (TPSA) is 98.8 Å². The highest BCUT2D eigenvalue weighted by Gasteiger charge is 2.44. The molecule has 1 aromatic carbocycles. The maximum Gasteiger partial charge on any atom is 0.331 e. The second-order valence-corrected chi connectivity index (χ2v) is 6.28. The van der Waals surface area contributed by atoms with Crippen molar-refractivity contribution in [3.05, 3.63) is 53.3 Å². The van der Waals surface area contributed by atoms with E-state index < -0.39 is 12.0 Å². The van der Waals surface area contributed by atoms with Crippen molar-refractivity contribution in [2.45, 2.75) is 25.3 Å². The monoisotopic (exact) mass is 342 g/mol. The summed E-state index contributed by atoms with van der Waals surface area (Å²) in [6.45, 7) is 1.68. The first kappa shape index (κ1) is 15.6. The molecule has 2 aliphatic heterocycles. The molecule has 2 amide bonds. The molecule has 2 aliphatic rings. The lowest BCUT2D eigenvalue weighted by molar-refractivity contribution is -0.142. The van der Waals surface area contributed by atoms with Gasteiger partial charge in [-0.25, -0.2) is 9.59 Å². The fourth-order valence-electron chi connectivity index (χ4n) is 3.23. The fraction of sp³-hybridized carbons (Fsp3) is 0.353. The number of aromatic amines is 1. The molecule has 1 fully saturated rings. The number of hydrogen-bond donors (Lipinski definition) is 2. The molecule has 8 heteroatoms. The quantitative estimate of drug-likeness (QED) is 0.874. The van der Waals surface area contributed by atoms with Crippen molar-refractivity contribution < 1.29 is 19.4 Å². The molecule has 1 saturated heterocycles. The predicted octanol–water partition coefficient (Wildman–Crippen LogP) is 1.37. The summed E-state index contributed by atoms with van der Waals surface area (Å²) < 4.78 is 5.78. The molecule has 0 spiro atoms. The van der Waals surface area contributed by atoms with E-state index in [1.807, 2.05) is 30.3 Å². The number of carbonyl (C=O) groups excluding carboxylic acids is 1. The van der Waals surface area contributed by atoms with Gasteiger partial charge >= 0.3 is 12.0 Å². The number of ether oxygens (including phenoxy) is 1. The van der Waals surface area contributed by atoms with E-state index in [-0.39, 0.29) is 18.7 Å². The van der Waals surface area contributed by atoms with Crippen LogP contribution in [0.1, 0.15) is 22.9 Å². The highest BCUT2D eigenvalue weighted by atomic mass is 16.5. The minimum atomic E-state index is -1.05. The largest absolute Gasteiger partial charge is 0.479 e. The van der Waals surface area contributed by atoms with Crippen molar-refractivity contribution in [2.75, 3.05) is 13.1 Å². The fourth-order valence-corrected chi connectivity index (χ4v) is 3.23. The van der Waals surface area contributed by atoms with Crippen LogP contribution in [0.15, 0.2) is 36.5 Å². The van der Waals surface area contributed by atoms with Gasteiger partial charge in [0, 0.05) is 5.56 Å². The van der Waals surface area contributed by atoms with Crippen LogP contribution in [-0.4, -0.2) is 56.3 Å². The Balaban J connectivity index is 1.33. The molecular formula is C17H18N4O4. The molecule has 0 bridgehead atoms. The minimum Gasteiger partial charge on any atom is -0.479 e. The van der Waals surface area contributed by atoms with Gasteiger partial charge in [0.2, 0.25) is 0 Å². The van der Waals surface area contributed by atoms with Gasteiger partial charge in [-0.15, -0.1) is 0 Å². The second kappa shape index (κ2) is 6.21. The molecule has 2 N–H and O–H groups in total. The molecule has 25 heavy (non-hydrogen) atoms. The summed E-state index contributed by atoms with van der Waals surface area (Å²) in [6, 6.07) is 8.58. The van der Waals surface area contributed by atoms with Crippen molar-refractivity contribution in [2.24, 2.45) is 0 Å². The van der Waals surface area contributed by atoms with Gasteiger partial charge in [-0.2, -0.15) is 5.10 Å². The molecule has 1 unspecified atom stereocenters. The van der Waals surface area contributed by atoms with Crippen LogP contribution in [0, 0.1) is 0 Å². The Morgan fingerprint density at radius 3 is 2.76 bits per heavy atom. The van der Waals surface area contributed by atoms with Gasteiger partial charge in [-0.1, -0.05) is 30.3 Å². The van der Waals surface area contributed by atoms with Gasteiger partial charge < -0.3 is 19.6 Å². The Bertz CT molecular complexity index is 785. The van der Waals surface area contributed by atoms with Gasteiger partial charge in [-0.05, 0) is 5.56 Å². The van der Waals surface area contributed by atoms with E-state index in [9.17, 15) is 14.7 Å². The second-order valence-electron chi connectivity index (χ2n) is 6.28. The molecule has 130 valence electrons. The summed E-state index contributed by atoms with van der Waals surface area (Å²) in [5.41, 5.74) is 2.32. The normalized spacial score (nSPS) is 19.6. The number of nitrogens with one attached hydrogen (secondary N) is 1. The van der Waals surface area contributed by atoms with E-state index in [1.165, 1.54) is 11.1 Å². The summed E-state index contributed by atoms with van der Waals surface area (Å²) in [5, 5.41) is 16.1. The van der Waals surface area contributed by atoms with E-state index in [0.29, 0.717) is 31.0 Å². The molecule has 2 aromatic rings. The van der Waals surface area contributed by atoms with Crippen LogP contribution < -0.4 is 0 Å². The molecule has 1 aromatic heterocycles. The van der Waals surface area contributed by atoms with Gasteiger partial charge in [-0.3, -0.25) is 5.10 Å². The van der Waals surface area contributed by atoms with Gasteiger partial charge in [0.05, 0.1) is 44.2 Å². The summed E-state index contributed by atoms with van der Waals surface area (Å²) in [6.07, 6.45) is 1.46. The lowest BCUT2D eigenvalue weighted by Crippen LogP contribution is -2.58. The van der Waals surface area contributed by atoms with E-state index in [1.54, 1.807) is 4.90 Å². The summed E-state index contributed by atoms with van der Waals surface area (Å²) in [5.74, 6) is -1.05. The molecule has 4 rings (SSSR count). The van der Waals surface area contributed by atoms with E-state index in [0.717, 1.165) is 5.56 Å². The van der Waals surface area contributed by atoms with Crippen LogP contribution in [0.4, 0.5) is 4.79 Å². The van der Waals surface area contributed by atoms with E-state index in [2.05, 4.69) is 10.2 Å². The SMILES string of the molecule is O=C(O)C1c2cn[nH]c2CN1C(=O)N1CC(OCc2ccccc2)C1. The van der Waals surface area contributed by atoms with E-state index >= 15 is 0 Å². The zero-order chi connectivity index (χ0) is 17.4. The van der Waals surface area contributed by atoms with Crippen LogP contribution in [0.25, 0.3) is 0 Å². The molecule has 0 aliphatic carbocycles. The maximum absolute atomic E-state index is 12.6. The number of aliphatic carboxylic acids is 1. The Labute approximate surface area is 144 Å². The van der Waals surface area contributed by atoms with Crippen LogP contribution in [0.5, 0.6) is 0 Å². The molecular weight excluding hydrogens is 324 g/mol. The third-order valence-corrected chi connectivity index (χ3v) is 4.61. The first-order valence-corrected chi connectivity index (χ1v) is 8.09. The number of nitrogens with zero attached hydrogens (tertiary/aromatic N) is 3. The zero-order valence-electron chi connectivity index (χ0n) is 13.5. The average Bonchev–Trinajstić information content (AvgIpc) is 3.14. The number of rotatable bonds is 4. The highest BCUT2D eigenvalue weighted by Crippen LogP contribution is 2.34. The number of urea groups is 1. The van der Waals surface area contributed by atoms with Gasteiger partial charge in [0.15, 0.2) is 6.04 Å². The number of carbonyl (C=O) groups is 2. The van der Waals surface area contributed by atoms with Crippen LogP contribution in [-0.2, 0) is 22.7 Å². The maximum atomic E-state index is 12.6. The molecule has 0 radical (unpaired) electrons. The Morgan fingerprint density at radius 2 is 2.04 bits per heavy atom. The first-order valence-electron chi connectivity index (χ1n) is 8.09. The predicted molar refractivity (Wildman–Crippen MR) is 86.5 cm³/mol. The van der Waals surface area contributed by atoms with Crippen molar-refractivity contribution in [1.82, 2.24) is 20.0 Å². The number of carboxylic acid groups (broad SMARTS) is 1. The number of aromatic nitrogens is 2. The van der Waals surface area contributed by atoms with Gasteiger partial charge in [0.25, 0.3) is 0 Å². The Kier molecular flexibility index (Phi) is 3.89. The standard InChI is InChI=1S/C17H18N4O4/c22-16(23)15-13-6-18-19-14(13)9-21(15)17(24)20-7-12(8-20)25-10-11-4-2-1-3-5-11/h1-6,12,15H,7-10H2,(H,18,19)(H,22,23). The lowest BCUT2D eigenvalue weighted by Gasteiger charge is -2.41. The number of carboxylic acids is 1. The zero-order valence-corrected chi connectivity index (χ0v) is 13.5. The van der Waals surface area contributed by atoms with Crippen LogP contribution in [0.2, 0.25) is 0 Å².